The van der Waals surface area contributed by atoms with E-state index >= 15 is 0 Å². The van der Waals surface area contributed by atoms with Gasteiger partial charge in [-0.2, -0.15) is 0 Å². The van der Waals surface area contributed by atoms with Crippen LogP contribution in [0, 0.1) is 13.8 Å². The highest BCUT2D eigenvalue weighted by atomic mass is 32.1. The van der Waals surface area contributed by atoms with Crippen molar-refractivity contribution in [2.45, 2.75) is 20.3 Å². The molecule has 0 atom stereocenters. The van der Waals surface area contributed by atoms with E-state index in [-0.39, 0.29) is 0 Å². The van der Waals surface area contributed by atoms with E-state index in [4.69, 9.17) is 29.2 Å². The topological polar surface area (TPSA) is 61.8 Å². The molecule has 138 valence electrons. The van der Waals surface area contributed by atoms with Crippen LogP contribution in [-0.2, 0) is 4.74 Å². The number of hydrogen-bond acceptors (Lipinski definition) is 3. The average molecular weight is 383 g/mol. The van der Waals surface area contributed by atoms with Crippen LogP contribution in [0.15, 0.2) is 18.2 Å². The Balaban J connectivity index is 1.57. The molecule has 5 N–H and O–H groups in total. The number of morpholine rings is 1. The highest BCUT2D eigenvalue weighted by Crippen LogP contribution is 2.13. The van der Waals surface area contributed by atoms with Gasteiger partial charge in [-0.3, -0.25) is 10.9 Å². The van der Waals surface area contributed by atoms with Crippen LogP contribution in [0.1, 0.15) is 17.5 Å². The van der Waals surface area contributed by atoms with E-state index in [9.17, 15) is 0 Å². The van der Waals surface area contributed by atoms with Crippen LogP contribution in [0.25, 0.3) is 0 Å². The zero-order valence-corrected chi connectivity index (χ0v) is 16.5. The van der Waals surface area contributed by atoms with E-state index in [0.29, 0.717) is 10.2 Å². The van der Waals surface area contributed by atoms with Gasteiger partial charge in [0.05, 0.1) is 19.8 Å². The van der Waals surface area contributed by atoms with Crippen molar-refractivity contribution in [1.29, 1.82) is 0 Å². The monoisotopic (exact) mass is 382 g/mol. The molecular weight excluding hydrogens is 354 g/mol. The first kappa shape index (κ1) is 19.8. The van der Waals surface area contributed by atoms with Crippen LogP contribution in [0.3, 0.4) is 0 Å². The average Bonchev–Trinajstić information content (AvgIpc) is 2.61. The molecule has 25 heavy (non-hydrogen) atoms. The Kier molecular flexibility index (Phi) is 8.33. The molecule has 0 saturated carbocycles. The Bertz CT molecular complexity index is 590. The maximum atomic E-state index is 5.36. The second-order valence-electron chi connectivity index (χ2n) is 6.22. The van der Waals surface area contributed by atoms with E-state index in [2.05, 4.69) is 47.5 Å². The van der Waals surface area contributed by atoms with Crippen molar-refractivity contribution in [3.63, 3.8) is 0 Å². The van der Waals surface area contributed by atoms with E-state index in [1.165, 1.54) is 11.1 Å². The maximum absolute atomic E-state index is 5.36. The molecule has 0 unspecified atom stereocenters. The molecule has 1 fully saturated rings. The maximum Gasteiger partial charge on any atom is 0.189 e. The highest BCUT2D eigenvalue weighted by Gasteiger charge is 2.12. The summed E-state index contributed by atoms with van der Waals surface area (Å²) in [5, 5.41) is 7.33. The standard InChI is InChI=1S/C17H27N5OS2/c1-13-4-5-15(12-14(13)2)19-17(25)21-20-16(24)18-6-3-7-22-8-10-23-11-9-22/h4-5,12H,3,6-11H2,1-2H3,(H2,18,20,24)(H2,19,21,25)/p+1. The molecule has 6 nitrogen and oxygen atoms in total. The number of hydrazine groups is 1. The van der Waals surface area contributed by atoms with Gasteiger partial charge in [-0.1, -0.05) is 6.07 Å². The van der Waals surface area contributed by atoms with Crippen LogP contribution in [-0.4, -0.2) is 49.6 Å². The predicted molar refractivity (Wildman–Crippen MR) is 110 cm³/mol. The van der Waals surface area contributed by atoms with Gasteiger partial charge in [0.15, 0.2) is 10.2 Å². The van der Waals surface area contributed by atoms with E-state index < -0.39 is 0 Å². The molecule has 0 amide bonds. The van der Waals surface area contributed by atoms with Gasteiger partial charge in [0.1, 0.15) is 13.1 Å². The Labute approximate surface area is 160 Å². The number of benzene rings is 1. The number of aryl methyl sites for hydroxylation is 2. The van der Waals surface area contributed by atoms with Crippen molar-refractivity contribution in [3.05, 3.63) is 29.3 Å². The number of anilines is 1. The number of nitrogens with one attached hydrogen (secondary N) is 5. The zero-order valence-electron chi connectivity index (χ0n) is 14.9. The molecule has 2 rings (SSSR count). The van der Waals surface area contributed by atoms with Crippen molar-refractivity contribution >= 4 is 40.3 Å². The second-order valence-corrected chi connectivity index (χ2v) is 7.04. The Morgan fingerprint density at radius 3 is 2.52 bits per heavy atom. The summed E-state index contributed by atoms with van der Waals surface area (Å²) in [6, 6.07) is 6.13. The summed E-state index contributed by atoms with van der Waals surface area (Å²) in [6.07, 6.45) is 1.07. The van der Waals surface area contributed by atoms with Crippen LogP contribution in [0.4, 0.5) is 5.69 Å². The molecule has 1 saturated heterocycles. The van der Waals surface area contributed by atoms with Crippen molar-refractivity contribution in [3.8, 4) is 0 Å². The summed E-state index contributed by atoms with van der Waals surface area (Å²) >= 11 is 10.5. The van der Waals surface area contributed by atoms with Gasteiger partial charge in [-0.25, -0.2) is 0 Å². The first-order valence-corrected chi connectivity index (χ1v) is 9.45. The van der Waals surface area contributed by atoms with Gasteiger partial charge in [0.25, 0.3) is 0 Å². The Hall–Kier alpha value is -1.48. The van der Waals surface area contributed by atoms with Gasteiger partial charge >= 0.3 is 0 Å². The second kappa shape index (κ2) is 10.5. The van der Waals surface area contributed by atoms with Crippen LogP contribution in [0.5, 0.6) is 0 Å². The number of rotatable bonds is 5. The van der Waals surface area contributed by atoms with Crippen molar-refractivity contribution < 1.29 is 9.64 Å². The summed E-state index contributed by atoms with van der Waals surface area (Å²) < 4.78 is 5.36. The van der Waals surface area contributed by atoms with Crippen molar-refractivity contribution in [2.24, 2.45) is 0 Å². The summed E-state index contributed by atoms with van der Waals surface area (Å²) in [4.78, 5) is 1.60. The lowest BCUT2D eigenvalue weighted by atomic mass is 10.1. The molecular formula is C17H28N5OS2+. The van der Waals surface area contributed by atoms with Crippen molar-refractivity contribution in [2.75, 3.05) is 44.7 Å². The van der Waals surface area contributed by atoms with E-state index in [1.807, 2.05) is 6.07 Å². The van der Waals surface area contributed by atoms with Gasteiger partial charge in [0.2, 0.25) is 0 Å². The van der Waals surface area contributed by atoms with Gasteiger partial charge < -0.3 is 20.3 Å². The Morgan fingerprint density at radius 1 is 1.08 bits per heavy atom. The fraction of sp³-hybridized carbons (Fsp3) is 0.529. The van der Waals surface area contributed by atoms with Crippen LogP contribution >= 0.6 is 24.4 Å². The molecule has 0 aromatic heterocycles. The van der Waals surface area contributed by atoms with Crippen LogP contribution < -0.4 is 26.4 Å². The largest absolute Gasteiger partial charge is 0.370 e. The highest BCUT2D eigenvalue weighted by molar-refractivity contribution is 7.80. The normalized spacial score (nSPS) is 14.6. The molecule has 0 radical (unpaired) electrons. The number of ether oxygens (including phenoxy) is 1. The number of thiocarbonyl (C=S) groups is 2. The first-order chi connectivity index (χ1) is 12.0. The van der Waals surface area contributed by atoms with Crippen molar-refractivity contribution in [1.82, 2.24) is 16.2 Å². The lowest BCUT2D eigenvalue weighted by molar-refractivity contribution is -0.908. The molecule has 0 bridgehead atoms. The van der Waals surface area contributed by atoms with E-state index in [0.717, 1.165) is 51.5 Å². The minimum atomic E-state index is 0.477. The van der Waals surface area contributed by atoms with Gasteiger partial charge in [-0.05, 0) is 61.5 Å². The van der Waals surface area contributed by atoms with E-state index in [1.54, 1.807) is 4.90 Å². The number of hydrogen-bond donors (Lipinski definition) is 5. The summed E-state index contributed by atoms with van der Waals surface area (Å²) in [7, 11) is 0. The molecule has 1 aliphatic rings. The lowest BCUT2D eigenvalue weighted by Crippen LogP contribution is -3.14. The number of quaternary nitrogens is 1. The zero-order chi connectivity index (χ0) is 18.1. The summed E-state index contributed by atoms with van der Waals surface area (Å²) in [5.41, 5.74) is 9.24. The minimum Gasteiger partial charge on any atom is -0.370 e. The predicted octanol–water partition coefficient (Wildman–Crippen LogP) is 0.274. The molecule has 1 aromatic rings. The molecule has 1 heterocycles. The summed E-state index contributed by atoms with van der Waals surface area (Å²) in [6.45, 7) is 10.1. The molecule has 0 spiro atoms. The Morgan fingerprint density at radius 2 is 1.80 bits per heavy atom. The third-order valence-electron chi connectivity index (χ3n) is 4.25. The molecule has 1 aromatic carbocycles. The quantitative estimate of drug-likeness (QED) is 0.285. The minimum absolute atomic E-state index is 0.477. The van der Waals surface area contributed by atoms with Gasteiger partial charge in [-0.15, -0.1) is 0 Å². The summed E-state index contributed by atoms with van der Waals surface area (Å²) in [5.74, 6) is 0. The fourth-order valence-electron chi connectivity index (χ4n) is 2.59. The first-order valence-electron chi connectivity index (χ1n) is 8.64. The third kappa shape index (κ3) is 7.52. The fourth-order valence-corrected chi connectivity index (χ4v) is 2.91. The van der Waals surface area contributed by atoms with Gasteiger partial charge in [0, 0.05) is 18.7 Å². The third-order valence-corrected chi connectivity index (χ3v) is 4.70. The SMILES string of the molecule is Cc1ccc(NC(=S)NNC(=S)NCCC[NH+]2CCOCC2)cc1C. The van der Waals surface area contributed by atoms with Crippen LogP contribution in [0.2, 0.25) is 0 Å². The molecule has 1 aliphatic heterocycles. The molecule has 0 aliphatic carbocycles. The lowest BCUT2D eigenvalue weighted by Gasteiger charge is -2.23. The molecule has 8 heteroatoms. The smallest absolute Gasteiger partial charge is 0.189 e.